The highest BCUT2D eigenvalue weighted by atomic mass is 35.5. The van der Waals surface area contributed by atoms with Gasteiger partial charge in [0.2, 0.25) is 0 Å². The summed E-state index contributed by atoms with van der Waals surface area (Å²) in [5, 5.41) is 10.5. The average Bonchev–Trinajstić information content (AvgIpc) is 1.97. The zero-order valence-corrected chi connectivity index (χ0v) is 10.1. The zero-order chi connectivity index (χ0) is 9.81. The third kappa shape index (κ3) is 1.81. The Kier molecular flexibility index (Phi) is 2.81. The number of nitrogens with two attached hydrogens (primary N) is 1. The van der Waals surface area contributed by atoms with E-state index >= 15 is 0 Å². The highest BCUT2D eigenvalue weighted by Crippen LogP contribution is 2.62. The summed E-state index contributed by atoms with van der Waals surface area (Å²) >= 11 is 0. The van der Waals surface area contributed by atoms with Crippen LogP contribution in [0.15, 0.2) is 0 Å². The highest BCUT2D eigenvalue weighted by molar-refractivity contribution is 5.85. The van der Waals surface area contributed by atoms with Gasteiger partial charge in [-0.1, -0.05) is 0 Å². The lowest BCUT2D eigenvalue weighted by molar-refractivity contribution is -0.164. The molecule has 3 heteroatoms. The summed E-state index contributed by atoms with van der Waals surface area (Å²) < 4.78 is 0. The van der Waals surface area contributed by atoms with Crippen LogP contribution in [0, 0.1) is 17.3 Å². The first-order chi connectivity index (χ1) is 6.63. The van der Waals surface area contributed by atoms with Gasteiger partial charge in [-0.3, -0.25) is 0 Å². The monoisotopic (exact) mass is 231 g/mol. The van der Waals surface area contributed by atoms with E-state index in [0.717, 1.165) is 44.1 Å². The Morgan fingerprint density at radius 3 is 2.20 bits per heavy atom. The molecule has 0 heterocycles. The lowest BCUT2D eigenvalue weighted by atomic mass is 9.47. The van der Waals surface area contributed by atoms with Gasteiger partial charge in [0.1, 0.15) is 0 Å². The maximum atomic E-state index is 10.5. The normalized spacial score (nSPS) is 51.6. The van der Waals surface area contributed by atoms with Crippen molar-refractivity contribution in [1.29, 1.82) is 0 Å². The van der Waals surface area contributed by atoms with E-state index in [9.17, 15) is 5.11 Å². The van der Waals surface area contributed by atoms with Crippen LogP contribution >= 0.6 is 12.4 Å². The second-order valence-electron chi connectivity index (χ2n) is 6.22. The fraction of sp³-hybridized carbons (Fsp3) is 1.00. The average molecular weight is 232 g/mol. The van der Waals surface area contributed by atoms with Crippen LogP contribution in [0.3, 0.4) is 0 Å². The molecule has 4 aliphatic carbocycles. The van der Waals surface area contributed by atoms with Crippen LogP contribution in [0.2, 0.25) is 0 Å². The SMILES string of the molecule is Cl.NCCC12CC3CC(CC(O)(C3)C1)C2. The van der Waals surface area contributed by atoms with Crippen LogP contribution in [0.4, 0.5) is 0 Å². The standard InChI is InChI=1S/C12H21NO.ClH/c13-2-1-11-4-9-3-10(5-11)7-12(14,6-9)8-11;/h9-10,14H,1-8,13H2;1H. The number of halogens is 1. The molecule has 0 saturated heterocycles. The summed E-state index contributed by atoms with van der Waals surface area (Å²) in [7, 11) is 0. The van der Waals surface area contributed by atoms with Gasteiger partial charge < -0.3 is 10.8 Å². The van der Waals surface area contributed by atoms with Gasteiger partial charge in [0.05, 0.1) is 5.60 Å². The lowest BCUT2D eigenvalue weighted by Crippen LogP contribution is -2.55. The summed E-state index contributed by atoms with van der Waals surface area (Å²) in [6, 6.07) is 0. The summed E-state index contributed by atoms with van der Waals surface area (Å²) in [5.74, 6) is 1.63. The Labute approximate surface area is 98.0 Å². The van der Waals surface area contributed by atoms with Gasteiger partial charge in [0, 0.05) is 0 Å². The van der Waals surface area contributed by atoms with E-state index in [1.54, 1.807) is 0 Å². The molecular formula is C12H22ClNO. The molecule has 2 atom stereocenters. The van der Waals surface area contributed by atoms with E-state index in [1.807, 2.05) is 0 Å². The third-order valence-electron chi connectivity index (χ3n) is 4.83. The minimum absolute atomic E-state index is 0. The number of hydrogen-bond acceptors (Lipinski definition) is 2. The molecule has 4 bridgehead atoms. The van der Waals surface area contributed by atoms with Crippen LogP contribution in [0.1, 0.15) is 44.9 Å². The molecule has 0 aromatic rings. The third-order valence-corrected chi connectivity index (χ3v) is 4.83. The van der Waals surface area contributed by atoms with Gasteiger partial charge in [-0.15, -0.1) is 12.4 Å². The first-order valence-corrected chi connectivity index (χ1v) is 6.06. The molecule has 0 spiro atoms. The van der Waals surface area contributed by atoms with Gasteiger partial charge in [0.15, 0.2) is 0 Å². The predicted octanol–water partition coefficient (Wildman–Crippen LogP) is 2.09. The Bertz CT molecular complexity index is 242. The fourth-order valence-corrected chi connectivity index (χ4v) is 5.00. The van der Waals surface area contributed by atoms with Crippen molar-refractivity contribution in [1.82, 2.24) is 0 Å². The van der Waals surface area contributed by atoms with Crippen molar-refractivity contribution in [2.24, 2.45) is 23.0 Å². The minimum Gasteiger partial charge on any atom is -0.390 e. The number of hydrogen-bond donors (Lipinski definition) is 2. The van der Waals surface area contributed by atoms with E-state index in [4.69, 9.17) is 5.73 Å². The quantitative estimate of drug-likeness (QED) is 0.765. The first-order valence-electron chi connectivity index (χ1n) is 6.06. The van der Waals surface area contributed by atoms with Gasteiger partial charge in [-0.2, -0.15) is 0 Å². The van der Waals surface area contributed by atoms with Crippen LogP contribution in [-0.4, -0.2) is 17.3 Å². The molecule has 3 N–H and O–H groups in total. The highest BCUT2D eigenvalue weighted by Gasteiger charge is 2.56. The molecule has 4 rings (SSSR count). The van der Waals surface area contributed by atoms with Crippen molar-refractivity contribution in [2.45, 2.75) is 50.5 Å². The van der Waals surface area contributed by atoms with E-state index in [1.165, 1.54) is 19.3 Å². The molecule has 88 valence electrons. The fourth-order valence-electron chi connectivity index (χ4n) is 5.00. The van der Waals surface area contributed by atoms with Crippen molar-refractivity contribution >= 4 is 12.4 Å². The molecule has 2 unspecified atom stereocenters. The number of rotatable bonds is 2. The van der Waals surface area contributed by atoms with Crippen molar-refractivity contribution < 1.29 is 5.11 Å². The van der Waals surface area contributed by atoms with Gasteiger partial charge in [-0.25, -0.2) is 0 Å². The molecule has 2 nitrogen and oxygen atoms in total. The predicted molar refractivity (Wildman–Crippen MR) is 63.0 cm³/mol. The van der Waals surface area contributed by atoms with Crippen LogP contribution in [0.5, 0.6) is 0 Å². The molecule has 0 aromatic heterocycles. The second-order valence-corrected chi connectivity index (χ2v) is 6.22. The maximum absolute atomic E-state index is 10.5. The molecule has 4 saturated carbocycles. The summed E-state index contributed by atoms with van der Waals surface area (Å²) in [4.78, 5) is 0. The Hall–Kier alpha value is 0.210. The molecule has 0 aliphatic heterocycles. The van der Waals surface area contributed by atoms with E-state index in [-0.39, 0.29) is 18.0 Å². The maximum Gasteiger partial charge on any atom is 0.0658 e. The van der Waals surface area contributed by atoms with Gasteiger partial charge >= 0.3 is 0 Å². The van der Waals surface area contributed by atoms with E-state index in [2.05, 4.69) is 0 Å². The Morgan fingerprint density at radius 1 is 1.13 bits per heavy atom. The largest absolute Gasteiger partial charge is 0.390 e. The van der Waals surface area contributed by atoms with Crippen molar-refractivity contribution in [3.63, 3.8) is 0 Å². The first kappa shape index (κ1) is 11.7. The summed E-state index contributed by atoms with van der Waals surface area (Å²) in [6.45, 7) is 0.801. The van der Waals surface area contributed by atoms with Gasteiger partial charge in [-0.05, 0) is 68.7 Å². The smallest absolute Gasteiger partial charge is 0.0658 e. The molecular weight excluding hydrogens is 210 g/mol. The molecule has 4 fully saturated rings. The van der Waals surface area contributed by atoms with Crippen LogP contribution in [0.25, 0.3) is 0 Å². The summed E-state index contributed by atoms with van der Waals surface area (Å²) in [5.41, 5.74) is 5.86. The number of aliphatic hydroxyl groups is 1. The lowest BCUT2D eigenvalue weighted by Gasteiger charge is -2.60. The Morgan fingerprint density at radius 2 is 1.73 bits per heavy atom. The van der Waals surface area contributed by atoms with Crippen LogP contribution < -0.4 is 5.73 Å². The zero-order valence-electron chi connectivity index (χ0n) is 9.24. The summed E-state index contributed by atoms with van der Waals surface area (Å²) in [6.07, 6.45) is 8.43. The van der Waals surface area contributed by atoms with E-state index in [0.29, 0.717) is 5.41 Å². The topological polar surface area (TPSA) is 46.2 Å². The second kappa shape index (κ2) is 3.61. The molecule has 4 aliphatic rings. The van der Waals surface area contributed by atoms with Crippen LogP contribution in [-0.2, 0) is 0 Å². The van der Waals surface area contributed by atoms with Crippen molar-refractivity contribution in [3.05, 3.63) is 0 Å². The molecule has 15 heavy (non-hydrogen) atoms. The molecule has 0 aromatic carbocycles. The Balaban J connectivity index is 0.000000853. The van der Waals surface area contributed by atoms with E-state index < -0.39 is 0 Å². The van der Waals surface area contributed by atoms with Gasteiger partial charge in [0.25, 0.3) is 0 Å². The minimum atomic E-state index is -0.292. The van der Waals surface area contributed by atoms with Crippen molar-refractivity contribution in [2.75, 3.05) is 6.54 Å². The van der Waals surface area contributed by atoms with Crippen molar-refractivity contribution in [3.8, 4) is 0 Å². The molecule has 0 radical (unpaired) electrons. The molecule has 0 amide bonds.